The molecule has 1 aliphatic rings. The van der Waals surface area contributed by atoms with Crippen LogP contribution in [0.25, 0.3) is 0 Å². The molecule has 94 valence electrons. The number of likely N-dealkylation sites (tertiary alicyclic amines) is 1. The lowest BCUT2D eigenvalue weighted by Crippen LogP contribution is -2.40. The molecule has 1 amide bonds. The number of rotatable bonds is 6. The Kier molecular flexibility index (Phi) is 6.42. The molecule has 1 saturated heterocycles. The van der Waals surface area contributed by atoms with Gasteiger partial charge in [0.2, 0.25) is 5.91 Å². The zero-order valence-electron chi connectivity index (χ0n) is 10.0. The van der Waals surface area contributed by atoms with E-state index in [9.17, 15) is 4.79 Å². The highest BCUT2D eigenvalue weighted by molar-refractivity contribution is 5.76. The van der Waals surface area contributed by atoms with Crippen molar-refractivity contribution in [3.63, 3.8) is 0 Å². The summed E-state index contributed by atoms with van der Waals surface area (Å²) in [5.74, 6) is 0.758. The van der Waals surface area contributed by atoms with E-state index in [1.807, 2.05) is 4.90 Å². The molecule has 0 saturated carbocycles. The normalized spacial score (nSPS) is 21.1. The molecule has 1 heterocycles. The zero-order chi connectivity index (χ0) is 11.8. The van der Waals surface area contributed by atoms with Gasteiger partial charge in [-0.25, -0.2) is 0 Å². The minimum Gasteiger partial charge on any atom is -0.396 e. The Balaban J connectivity index is 2.26. The van der Waals surface area contributed by atoms with E-state index in [0.29, 0.717) is 18.9 Å². The lowest BCUT2D eigenvalue weighted by molar-refractivity contribution is -0.133. The van der Waals surface area contributed by atoms with E-state index in [-0.39, 0.29) is 12.5 Å². The molecule has 1 unspecified atom stereocenters. The molecule has 1 aliphatic heterocycles. The number of aliphatic hydroxyl groups excluding tert-OH is 1. The number of amides is 1. The molecule has 4 heteroatoms. The molecule has 0 radical (unpaired) electrons. The molecule has 4 nitrogen and oxygen atoms in total. The lowest BCUT2D eigenvalue weighted by Gasteiger charge is -2.32. The van der Waals surface area contributed by atoms with E-state index in [4.69, 9.17) is 10.8 Å². The van der Waals surface area contributed by atoms with Gasteiger partial charge in [0.1, 0.15) is 0 Å². The van der Waals surface area contributed by atoms with E-state index in [0.717, 1.165) is 45.2 Å². The zero-order valence-corrected chi connectivity index (χ0v) is 10.0. The number of piperidine rings is 1. The molecule has 1 fully saturated rings. The van der Waals surface area contributed by atoms with Gasteiger partial charge in [0.15, 0.2) is 0 Å². The van der Waals surface area contributed by atoms with Crippen LogP contribution in [0.2, 0.25) is 0 Å². The maximum Gasteiger partial charge on any atom is 0.222 e. The number of carbonyl (C=O) groups excluding carboxylic acids is 1. The fraction of sp³-hybridized carbons (Fsp3) is 0.917. The largest absolute Gasteiger partial charge is 0.396 e. The third-order valence-corrected chi connectivity index (χ3v) is 3.25. The molecular weight excluding hydrogens is 204 g/mol. The van der Waals surface area contributed by atoms with Crippen molar-refractivity contribution in [3.05, 3.63) is 0 Å². The number of carbonyl (C=O) groups is 1. The van der Waals surface area contributed by atoms with E-state index in [2.05, 4.69) is 0 Å². The smallest absolute Gasteiger partial charge is 0.222 e. The average molecular weight is 228 g/mol. The highest BCUT2D eigenvalue weighted by Crippen LogP contribution is 2.20. The molecule has 3 N–H and O–H groups in total. The SMILES string of the molecule is NCCCCC(=O)N1CCCC(CCO)C1. The summed E-state index contributed by atoms with van der Waals surface area (Å²) in [4.78, 5) is 13.8. The van der Waals surface area contributed by atoms with Crippen molar-refractivity contribution in [1.29, 1.82) is 0 Å². The molecule has 0 aromatic heterocycles. The minimum atomic E-state index is 0.236. The Morgan fingerprint density at radius 1 is 1.44 bits per heavy atom. The predicted octanol–water partition coefficient (Wildman–Crippen LogP) is 0.736. The number of unbranched alkanes of at least 4 members (excludes halogenated alkanes) is 1. The van der Waals surface area contributed by atoms with Crippen molar-refractivity contribution in [3.8, 4) is 0 Å². The second-order valence-electron chi connectivity index (χ2n) is 4.61. The summed E-state index contributed by atoms with van der Waals surface area (Å²) in [5.41, 5.74) is 5.40. The van der Waals surface area contributed by atoms with Gasteiger partial charge in [-0.05, 0) is 44.6 Å². The Bertz CT molecular complexity index is 207. The van der Waals surface area contributed by atoms with Crippen molar-refractivity contribution in [2.24, 2.45) is 11.7 Å². The van der Waals surface area contributed by atoms with Gasteiger partial charge in [0.05, 0.1) is 0 Å². The lowest BCUT2D eigenvalue weighted by atomic mass is 9.95. The van der Waals surface area contributed by atoms with Crippen LogP contribution in [0, 0.1) is 5.92 Å². The van der Waals surface area contributed by atoms with Crippen LogP contribution < -0.4 is 5.73 Å². The summed E-state index contributed by atoms with van der Waals surface area (Å²) in [6.45, 7) is 2.63. The minimum absolute atomic E-state index is 0.236. The van der Waals surface area contributed by atoms with Crippen molar-refractivity contribution in [2.75, 3.05) is 26.2 Å². The fourth-order valence-corrected chi connectivity index (χ4v) is 2.29. The Hall–Kier alpha value is -0.610. The van der Waals surface area contributed by atoms with E-state index >= 15 is 0 Å². The summed E-state index contributed by atoms with van der Waals surface area (Å²) in [5, 5.41) is 8.90. The van der Waals surface area contributed by atoms with Crippen LogP contribution in [0.1, 0.15) is 38.5 Å². The van der Waals surface area contributed by atoms with Crippen molar-refractivity contribution < 1.29 is 9.90 Å². The van der Waals surface area contributed by atoms with Crippen LogP contribution in [-0.4, -0.2) is 42.2 Å². The van der Waals surface area contributed by atoms with Gasteiger partial charge < -0.3 is 15.7 Å². The van der Waals surface area contributed by atoms with Crippen LogP contribution in [0.15, 0.2) is 0 Å². The fourth-order valence-electron chi connectivity index (χ4n) is 2.29. The third-order valence-electron chi connectivity index (χ3n) is 3.25. The topological polar surface area (TPSA) is 66.6 Å². The highest BCUT2D eigenvalue weighted by atomic mass is 16.3. The van der Waals surface area contributed by atoms with Gasteiger partial charge >= 0.3 is 0 Å². The number of nitrogens with two attached hydrogens (primary N) is 1. The van der Waals surface area contributed by atoms with Crippen LogP contribution in [-0.2, 0) is 4.79 Å². The second kappa shape index (κ2) is 7.63. The molecule has 0 aliphatic carbocycles. The molecule has 0 bridgehead atoms. The third kappa shape index (κ3) is 4.49. The number of aliphatic hydroxyl groups is 1. The summed E-state index contributed by atoms with van der Waals surface area (Å²) < 4.78 is 0. The van der Waals surface area contributed by atoms with Crippen LogP contribution in [0.5, 0.6) is 0 Å². The van der Waals surface area contributed by atoms with Gasteiger partial charge in [-0.3, -0.25) is 4.79 Å². The molecule has 1 rings (SSSR count). The number of hydrogen-bond donors (Lipinski definition) is 2. The Labute approximate surface area is 97.8 Å². The Morgan fingerprint density at radius 2 is 2.25 bits per heavy atom. The van der Waals surface area contributed by atoms with E-state index in [1.54, 1.807) is 0 Å². The van der Waals surface area contributed by atoms with Crippen LogP contribution in [0.3, 0.4) is 0 Å². The average Bonchev–Trinajstić information content (AvgIpc) is 2.30. The molecule has 16 heavy (non-hydrogen) atoms. The first-order valence-electron chi connectivity index (χ1n) is 6.36. The monoisotopic (exact) mass is 228 g/mol. The first kappa shape index (κ1) is 13.5. The van der Waals surface area contributed by atoms with Gasteiger partial charge in [0.25, 0.3) is 0 Å². The maximum atomic E-state index is 11.8. The van der Waals surface area contributed by atoms with Gasteiger partial charge in [-0.1, -0.05) is 0 Å². The highest BCUT2D eigenvalue weighted by Gasteiger charge is 2.22. The van der Waals surface area contributed by atoms with Crippen molar-refractivity contribution in [1.82, 2.24) is 4.90 Å². The summed E-state index contributed by atoms with van der Waals surface area (Å²) in [7, 11) is 0. The number of nitrogens with zero attached hydrogens (tertiary/aromatic N) is 1. The van der Waals surface area contributed by atoms with Crippen LogP contribution in [0.4, 0.5) is 0 Å². The first-order chi connectivity index (χ1) is 7.77. The van der Waals surface area contributed by atoms with Gasteiger partial charge in [0, 0.05) is 26.1 Å². The van der Waals surface area contributed by atoms with Gasteiger partial charge in [-0.2, -0.15) is 0 Å². The number of hydrogen-bond acceptors (Lipinski definition) is 3. The Morgan fingerprint density at radius 3 is 2.94 bits per heavy atom. The van der Waals surface area contributed by atoms with E-state index < -0.39 is 0 Å². The summed E-state index contributed by atoms with van der Waals surface area (Å²) in [6, 6.07) is 0. The van der Waals surface area contributed by atoms with Gasteiger partial charge in [-0.15, -0.1) is 0 Å². The first-order valence-corrected chi connectivity index (χ1v) is 6.36. The molecular formula is C12H24N2O2. The summed E-state index contributed by atoms with van der Waals surface area (Å²) in [6.07, 6.45) is 5.51. The van der Waals surface area contributed by atoms with Crippen molar-refractivity contribution in [2.45, 2.75) is 38.5 Å². The second-order valence-corrected chi connectivity index (χ2v) is 4.61. The maximum absolute atomic E-state index is 11.8. The molecule has 0 spiro atoms. The molecule has 1 atom stereocenters. The standard InChI is InChI=1S/C12H24N2O2/c13-7-2-1-5-12(16)14-8-3-4-11(10-14)6-9-15/h11,15H,1-10,13H2. The molecule has 0 aromatic carbocycles. The quantitative estimate of drug-likeness (QED) is 0.659. The van der Waals surface area contributed by atoms with E-state index in [1.165, 1.54) is 0 Å². The molecule has 0 aromatic rings. The summed E-state index contributed by atoms with van der Waals surface area (Å²) >= 11 is 0. The predicted molar refractivity (Wildman–Crippen MR) is 63.9 cm³/mol. The van der Waals surface area contributed by atoms with Crippen molar-refractivity contribution >= 4 is 5.91 Å². The van der Waals surface area contributed by atoms with Crippen LogP contribution >= 0.6 is 0 Å².